The first-order valence-electron chi connectivity index (χ1n) is 12.3. The maximum atomic E-state index is 12.5. The summed E-state index contributed by atoms with van der Waals surface area (Å²) in [4.78, 5) is 12.5. The molecular weight excluding hydrogens is 537 g/mol. The Bertz CT molecular complexity index is 1210. The van der Waals surface area contributed by atoms with Crippen molar-refractivity contribution in [1.82, 2.24) is 5.32 Å². The zero-order valence-corrected chi connectivity index (χ0v) is 22.9. The van der Waals surface area contributed by atoms with Crippen LogP contribution in [0.1, 0.15) is 28.7 Å². The number of amides is 1. The summed E-state index contributed by atoms with van der Waals surface area (Å²) in [5.74, 6) is -0.689. The molecule has 4 aromatic carbocycles. The number of alkyl halides is 3. The molecule has 0 spiro atoms. The van der Waals surface area contributed by atoms with E-state index in [2.05, 4.69) is 41.7 Å². The summed E-state index contributed by atoms with van der Waals surface area (Å²) in [7, 11) is 0. The van der Waals surface area contributed by atoms with E-state index in [9.17, 15) is 4.79 Å². The number of ether oxygens (including phenoxy) is 1. The van der Waals surface area contributed by atoms with Gasteiger partial charge in [-0.2, -0.15) is 0 Å². The fraction of sp³-hybridized carbons (Fsp3) is 0.156. The first kappa shape index (κ1) is 27.9. The van der Waals surface area contributed by atoms with Crippen LogP contribution in [0.2, 0.25) is 0 Å². The predicted octanol–water partition coefficient (Wildman–Crippen LogP) is 7.95. The Balaban J connectivity index is 1.66. The molecule has 194 valence electrons. The highest BCUT2D eigenvalue weighted by molar-refractivity contribution is 6.76. The zero-order chi connectivity index (χ0) is 26.8. The second-order valence-electron chi connectivity index (χ2n) is 8.76. The normalized spacial score (nSPS) is 12.8. The van der Waals surface area contributed by atoms with E-state index in [1.807, 2.05) is 97.1 Å². The van der Waals surface area contributed by atoms with Crippen molar-refractivity contribution in [3.8, 4) is 0 Å². The van der Waals surface area contributed by atoms with E-state index in [-0.39, 0.29) is 0 Å². The summed E-state index contributed by atoms with van der Waals surface area (Å²) in [6, 6.07) is 39.8. The molecule has 4 aromatic rings. The molecule has 4 rings (SSSR count). The van der Waals surface area contributed by atoms with Crippen molar-refractivity contribution in [2.45, 2.75) is 21.9 Å². The highest BCUT2D eigenvalue weighted by Gasteiger charge is 2.38. The van der Waals surface area contributed by atoms with E-state index in [1.165, 1.54) is 0 Å². The number of benzene rings is 4. The number of hydrogen-bond acceptors (Lipinski definition) is 2. The third-order valence-corrected chi connectivity index (χ3v) is 6.70. The van der Waals surface area contributed by atoms with Crippen LogP contribution in [0.15, 0.2) is 127 Å². The molecule has 0 unspecified atom stereocenters. The van der Waals surface area contributed by atoms with Crippen LogP contribution in [0.25, 0.3) is 6.08 Å². The maximum absolute atomic E-state index is 12.5. The molecule has 0 aliphatic rings. The van der Waals surface area contributed by atoms with Gasteiger partial charge in [-0.1, -0.05) is 168 Å². The van der Waals surface area contributed by atoms with Gasteiger partial charge in [0.15, 0.2) is 0 Å². The van der Waals surface area contributed by atoms with E-state index >= 15 is 0 Å². The third kappa shape index (κ3) is 7.06. The monoisotopic (exact) mass is 563 g/mol. The molecule has 1 N–H and O–H groups in total. The summed E-state index contributed by atoms with van der Waals surface area (Å²) in [6.45, 7) is 0.308. The first-order valence-corrected chi connectivity index (χ1v) is 13.4. The molecule has 0 saturated heterocycles. The molecule has 6 heteroatoms. The van der Waals surface area contributed by atoms with Crippen molar-refractivity contribution < 1.29 is 9.53 Å². The summed E-state index contributed by atoms with van der Waals surface area (Å²) in [5, 5.41) is 2.83. The number of nitrogens with one attached hydrogen (secondary N) is 1. The van der Waals surface area contributed by atoms with Crippen molar-refractivity contribution in [2.24, 2.45) is 0 Å². The molecule has 0 bridgehead atoms. The molecule has 0 aliphatic heterocycles. The van der Waals surface area contributed by atoms with Crippen LogP contribution in [0.3, 0.4) is 0 Å². The lowest BCUT2D eigenvalue weighted by Gasteiger charge is -2.36. The SMILES string of the molecule is O=C(N[C@H](/C=C/c1ccccc1)CCOC(c1ccccc1)(c1ccccc1)c1ccccc1)C(Cl)(Cl)Cl. The average molecular weight is 565 g/mol. The molecule has 3 nitrogen and oxygen atoms in total. The fourth-order valence-corrected chi connectivity index (χ4v) is 4.53. The number of halogens is 3. The van der Waals surface area contributed by atoms with E-state index in [1.54, 1.807) is 0 Å². The van der Waals surface area contributed by atoms with E-state index < -0.39 is 21.3 Å². The second kappa shape index (κ2) is 13.1. The van der Waals surface area contributed by atoms with Crippen molar-refractivity contribution in [3.05, 3.63) is 150 Å². The highest BCUT2D eigenvalue weighted by atomic mass is 35.6. The van der Waals surface area contributed by atoms with Crippen LogP contribution >= 0.6 is 34.8 Å². The van der Waals surface area contributed by atoms with Gasteiger partial charge in [-0.3, -0.25) is 4.79 Å². The maximum Gasteiger partial charge on any atom is 0.272 e. The smallest absolute Gasteiger partial charge is 0.272 e. The lowest BCUT2D eigenvalue weighted by molar-refractivity contribution is -0.120. The summed E-state index contributed by atoms with van der Waals surface area (Å²) in [6.07, 6.45) is 4.27. The number of carbonyl (C=O) groups is 1. The Morgan fingerprint density at radius 1 is 0.711 bits per heavy atom. The molecule has 0 heterocycles. The lowest BCUT2D eigenvalue weighted by Crippen LogP contribution is -2.42. The van der Waals surface area contributed by atoms with Crippen molar-refractivity contribution in [3.63, 3.8) is 0 Å². The van der Waals surface area contributed by atoms with Crippen molar-refractivity contribution in [1.29, 1.82) is 0 Å². The van der Waals surface area contributed by atoms with Gasteiger partial charge in [-0.15, -0.1) is 0 Å². The Kier molecular flexibility index (Phi) is 9.65. The molecule has 0 radical (unpaired) electrons. The fourth-order valence-electron chi connectivity index (χ4n) is 4.37. The molecular formula is C32H28Cl3NO2. The van der Waals surface area contributed by atoms with Crippen LogP contribution in [0.5, 0.6) is 0 Å². The molecule has 0 aliphatic carbocycles. The van der Waals surface area contributed by atoms with E-state index in [4.69, 9.17) is 39.5 Å². The minimum Gasteiger partial charge on any atom is -0.361 e. The van der Waals surface area contributed by atoms with Crippen LogP contribution in [0.4, 0.5) is 0 Å². The molecule has 38 heavy (non-hydrogen) atoms. The molecule has 0 aromatic heterocycles. The van der Waals surface area contributed by atoms with Crippen LogP contribution in [-0.4, -0.2) is 22.3 Å². The van der Waals surface area contributed by atoms with Gasteiger partial charge in [-0.05, 0) is 28.7 Å². The Morgan fingerprint density at radius 2 is 1.13 bits per heavy atom. The van der Waals surface area contributed by atoms with Gasteiger partial charge in [0.25, 0.3) is 9.70 Å². The Hall–Kier alpha value is -3.08. The summed E-state index contributed by atoms with van der Waals surface area (Å²) in [5.41, 5.74) is 3.13. The average Bonchev–Trinajstić information content (AvgIpc) is 2.95. The Morgan fingerprint density at radius 3 is 1.55 bits per heavy atom. The highest BCUT2D eigenvalue weighted by Crippen LogP contribution is 2.40. The number of rotatable bonds is 10. The largest absolute Gasteiger partial charge is 0.361 e. The third-order valence-electron chi connectivity index (χ3n) is 6.18. The topological polar surface area (TPSA) is 38.3 Å². The molecule has 1 amide bonds. The quantitative estimate of drug-likeness (QED) is 0.157. The van der Waals surface area contributed by atoms with Gasteiger partial charge >= 0.3 is 0 Å². The van der Waals surface area contributed by atoms with Crippen molar-refractivity contribution in [2.75, 3.05) is 6.61 Å². The number of carbonyl (C=O) groups excluding carboxylic acids is 1. The molecule has 0 saturated carbocycles. The molecule has 0 fully saturated rings. The molecule has 1 atom stereocenters. The first-order chi connectivity index (χ1) is 18.4. The van der Waals surface area contributed by atoms with Gasteiger partial charge in [0.2, 0.25) is 0 Å². The van der Waals surface area contributed by atoms with E-state index in [0.29, 0.717) is 13.0 Å². The second-order valence-corrected chi connectivity index (χ2v) is 11.0. The van der Waals surface area contributed by atoms with E-state index in [0.717, 1.165) is 22.3 Å². The van der Waals surface area contributed by atoms with Gasteiger partial charge in [-0.25, -0.2) is 0 Å². The van der Waals surface area contributed by atoms with Gasteiger partial charge in [0.05, 0.1) is 6.61 Å². The zero-order valence-electron chi connectivity index (χ0n) is 20.6. The number of hydrogen-bond donors (Lipinski definition) is 1. The van der Waals surface area contributed by atoms with Crippen LogP contribution in [0, 0.1) is 0 Å². The van der Waals surface area contributed by atoms with Gasteiger partial charge < -0.3 is 10.1 Å². The Labute approximate surface area is 239 Å². The summed E-state index contributed by atoms with van der Waals surface area (Å²) < 4.78 is 4.79. The van der Waals surface area contributed by atoms with Crippen molar-refractivity contribution >= 4 is 46.8 Å². The van der Waals surface area contributed by atoms with Gasteiger partial charge in [0, 0.05) is 6.04 Å². The minimum absolute atomic E-state index is 0.308. The minimum atomic E-state index is -2.07. The predicted molar refractivity (Wildman–Crippen MR) is 157 cm³/mol. The lowest BCUT2D eigenvalue weighted by atomic mass is 9.80. The van der Waals surface area contributed by atoms with Crippen LogP contribution < -0.4 is 5.32 Å². The standard InChI is InChI=1S/C32H28Cl3NO2/c33-32(34,35)30(37)36-29(22-21-25-13-5-1-6-14-25)23-24-38-31(26-15-7-2-8-16-26,27-17-9-3-10-18-27)28-19-11-4-12-20-28/h1-22,29H,23-24H2,(H,36,37)/b22-21+/t29-/m1/s1. The van der Waals surface area contributed by atoms with Gasteiger partial charge in [0.1, 0.15) is 5.60 Å². The van der Waals surface area contributed by atoms with Crippen LogP contribution in [-0.2, 0) is 15.1 Å². The summed E-state index contributed by atoms with van der Waals surface area (Å²) >= 11 is 17.6.